The Hall–Kier alpha value is -1.76. The average molecular weight is 224 g/mol. The molecule has 1 heteroatoms. The van der Waals surface area contributed by atoms with E-state index in [9.17, 15) is 0 Å². The number of aryl methyl sites for hydroxylation is 2. The van der Waals surface area contributed by atoms with Gasteiger partial charge in [0.1, 0.15) is 11.9 Å². The molecule has 1 nitrogen and oxygen atoms in total. The minimum Gasteiger partial charge on any atom is -0.486 e. The third-order valence-electron chi connectivity index (χ3n) is 3.38. The predicted molar refractivity (Wildman–Crippen MR) is 69.3 cm³/mol. The molecule has 3 rings (SSSR count). The first-order valence-corrected chi connectivity index (χ1v) is 6.14. The molecule has 1 atom stereocenters. The molecule has 86 valence electrons. The molecule has 0 spiro atoms. The van der Waals surface area contributed by atoms with E-state index in [1.165, 1.54) is 16.7 Å². The molecule has 2 aromatic carbocycles. The molecule has 0 fully saturated rings. The lowest BCUT2D eigenvalue weighted by Gasteiger charge is -2.14. The molecule has 0 saturated heterocycles. The minimum atomic E-state index is 0.230. The summed E-state index contributed by atoms with van der Waals surface area (Å²) in [5.41, 5.74) is 4.06. The number of ether oxygens (including phenoxy) is 1. The first-order chi connectivity index (χ1) is 8.33. The summed E-state index contributed by atoms with van der Waals surface area (Å²) >= 11 is 0. The van der Waals surface area contributed by atoms with Crippen LogP contribution in [0.2, 0.25) is 0 Å². The van der Waals surface area contributed by atoms with Gasteiger partial charge in [-0.3, -0.25) is 0 Å². The van der Waals surface area contributed by atoms with Gasteiger partial charge in [0.05, 0.1) is 0 Å². The van der Waals surface area contributed by atoms with Crippen LogP contribution in [-0.4, -0.2) is 0 Å². The minimum absolute atomic E-state index is 0.230. The molecule has 0 amide bonds. The average Bonchev–Trinajstić information content (AvgIpc) is 2.76. The van der Waals surface area contributed by atoms with Crippen LogP contribution < -0.4 is 4.74 Å². The molecule has 1 aliphatic carbocycles. The van der Waals surface area contributed by atoms with E-state index >= 15 is 0 Å². The molecular weight excluding hydrogens is 208 g/mol. The van der Waals surface area contributed by atoms with Crippen LogP contribution in [0.25, 0.3) is 0 Å². The SMILES string of the molecule is Cc1ccc(O[C@@H]2CCc3ccccc32)cc1. The largest absolute Gasteiger partial charge is 0.486 e. The molecule has 0 saturated carbocycles. The van der Waals surface area contributed by atoms with Gasteiger partial charge in [-0.2, -0.15) is 0 Å². The summed E-state index contributed by atoms with van der Waals surface area (Å²) in [6.45, 7) is 2.09. The van der Waals surface area contributed by atoms with Crippen molar-refractivity contribution in [3.05, 3.63) is 65.2 Å². The van der Waals surface area contributed by atoms with E-state index in [4.69, 9.17) is 4.74 Å². The fraction of sp³-hybridized carbons (Fsp3) is 0.250. The smallest absolute Gasteiger partial charge is 0.124 e. The number of hydrogen-bond donors (Lipinski definition) is 0. The molecule has 2 aromatic rings. The van der Waals surface area contributed by atoms with Crippen molar-refractivity contribution in [2.45, 2.75) is 25.9 Å². The van der Waals surface area contributed by atoms with E-state index in [1.54, 1.807) is 0 Å². The fourth-order valence-electron chi connectivity index (χ4n) is 2.42. The van der Waals surface area contributed by atoms with Gasteiger partial charge in [0, 0.05) is 0 Å². The Morgan fingerprint density at radius 1 is 1.00 bits per heavy atom. The second-order valence-electron chi connectivity index (χ2n) is 4.66. The van der Waals surface area contributed by atoms with E-state index in [-0.39, 0.29) is 6.10 Å². The van der Waals surface area contributed by atoms with Gasteiger partial charge < -0.3 is 4.74 Å². The van der Waals surface area contributed by atoms with E-state index in [0.717, 1.165) is 18.6 Å². The summed E-state index contributed by atoms with van der Waals surface area (Å²) in [5.74, 6) is 0.970. The van der Waals surface area contributed by atoms with Crippen molar-refractivity contribution in [3.63, 3.8) is 0 Å². The highest BCUT2D eigenvalue weighted by molar-refractivity contribution is 5.35. The molecule has 0 heterocycles. The molecule has 0 N–H and O–H groups in total. The van der Waals surface area contributed by atoms with E-state index in [1.807, 2.05) is 0 Å². The second-order valence-corrected chi connectivity index (χ2v) is 4.66. The fourth-order valence-corrected chi connectivity index (χ4v) is 2.42. The van der Waals surface area contributed by atoms with Crippen LogP contribution in [0, 0.1) is 6.92 Å². The number of hydrogen-bond acceptors (Lipinski definition) is 1. The van der Waals surface area contributed by atoms with Crippen LogP contribution in [-0.2, 0) is 6.42 Å². The lowest BCUT2D eigenvalue weighted by atomic mass is 10.1. The Morgan fingerprint density at radius 2 is 1.76 bits per heavy atom. The monoisotopic (exact) mass is 224 g/mol. The van der Waals surface area contributed by atoms with Crippen molar-refractivity contribution >= 4 is 0 Å². The first-order valence-electron chi connectivity index (χ1n) is 6.14. The van der Waals surface area contributed by atoms with Crippen LogP contribution in [0.5, 0.6) is 5.75 Å². The third-order valence-corrected chi connectivity index (χ3v) is 3.38. The molecule has 1 aliphatic rings. The van der Waals surface area contributed by atoms with Gasteiger partial charge in [0.15, 0.2) is 0 Å². The summed E-state index contributed by atoms with van der Waals surface area (Å²) in [4.78, 5) is 0. The quantitative estimate of drug-likeness (QED) is 0.747. The summed E-state index contributed by atoms with van der Waals surface area (Å²) in [6, 6.07) is 16.9. The van der Waals surface area contributed by atoms with Gasteiger partial charge >= 0.3 is 0 Å². The Bertz CT molecular complexity index is 513. The first kappa shape index (κ1) is 10.4. The summed E-state index contributed by atoms with van der Waals surface area (Å²) in [7, 11) is 0. The zero-order valence-corrected chi connectivity index (χ0v) is 10.0. The van der Waals surface area contributed by atoms with Gasteiger partial charge in [0.25, 0.3) is 0 Å². The van der Waals surface area contributed by atoms with Crippen molar-refractivity contribution in [2.75, 3.05) is 0 Å². The molecule has 0 bridgehead atoms. The predicted octanol–water partition coefficient (Wildman–Crippen LogP) is 4.06. The maximum atomic E-state index is 6.06. The number of fused-ring (bicyclic) bond motifs is 1. The van der Waals surface area contributed by atoms with Crippen molar-refractivity contribution in [1.82, 2.24) is 0 Å². The maximum absolute atomic E-state index is 6.06. The Balaban J connectivity index is 1.81. The number of rotatable bonds is 2. The Labute approximate surface area is 102 Å². The highest BCUT2D eigenvalue weighted by atomic mass is 16.5. The van der Waals surface area contributed by atoms with E-state index in [0.29, 0.717) is 0 Å². The van der Waals surface area contributed by atoms with Crippen LogP contribution >= 0.6 is 0 Å². The lowest BCUT2D eigenvalue weighted by molar-refractivity contribution is 0.207. The van der Waals surface area contributed by atoms with Crippen LogP contribution in [0.4, 0.5) is 0 Å². The van der Waals surface area contributed by atoms with Crippen molar-refractivity contribution in [3.8, 4) is 5.75 Å². The van der Waals surface area contributed by atoms with Crippen LogP contribution in [0.1, 0.15) is 29.2 Å². The topological polar surface area (TPSA) is 9.23 Å². The zero-order valence-electron chi connectivity index (χ0n) is 10.0. The highest BCUT2D eigenvalue weighted by Gasteiger charge is 2.23. The Morgan fingerprint density at radius 3 is 2.59 bits per heavy atom. The number of benzene rings is 2. The summed E-state index contributed by atoms with van der Waals surface area (Å²) in [5, 5.41) is 0. The third kappa shape index (κ3) is 2.05. The van der Waals surface area contributed by atoms with Gasteiger partial charge in [-0.05, 0) is 43.0 Å². The molecule has 0 radical (unpaired) electrons. The lowest BCUT2D eigenvalue weighted by Crippen LogP contribution is -2.03. The molecule has 0 aromatic heterocycles. The standard InChI is InChI=1S/C16H16O/c1-12-6-9-14(10-7-12)17-16-11-8-13-4-2-3-5-15(13)16/h2-7,9-10,16H,8,11H2,1H3/t16-/m1/s1. The highest BCUT2D eigenvalue weighted by Crippen LogP contribution is 2.34. The van der Waals surface area contributed by atoms with Crippen molar-refractivity contribution < 1.29 is 4.74 Å². The maximum Gasteiger partial charge on any atom is 0.124 e. The van der Waals surface area contributed by atoms with Crippen molar-refractivity contribution in [2.24, 2.45) is 0 Å². The van der Waals surface area contributed by atoms with Gasteiger partial charge in [-0.1, -0.05) is 42.0 Å². The van der Waals surface area contributed by atoms with Crippen molar-refractivity contribution in [1.29, 1.82) is 0 Å². The second kappa shape index (κ2) is 4.25. The van der Waals surface area contributed by atoms with Gasteiger partial charge in [-0.15, -0.1) is 0 Å². The summed E-state index contributed by atoms with van der Waals surface area (Å²) < 4.78 is 6.06. The summed E-state index contributed by atoms with van der Waals surface area (Å²) in [6.07, 6.45) is 2.45. The molecular formula is C16H16O. The zero-order chi connectivity index (χ0) is 11.7. The van der Waals surface area contributed by atoms with Crippen LogP contribution in [0.3, 0.4) is 0 Å². The Kier molecular flexibility index (Phi) is 2.60. The van der Waals surface area contributed by atoms with E-state index in [2.05, 4.69) is 55.5 Å². The normalized spacial score (nSPS) is 17.8. The van der Waals surface area contributed by atoms with Gasteiger partial charge in [0.2, 0.25) is 0 Å². The van der Waals surface area contributed by atoms with E-state index < -0.39 is 0 Å². The molecule has 17 heavy (non-hydrogen) atoms. The van der Waals surface area contributed by atoms with Gasteiger partial charge in [-0.25, -0.2) is 0 Å². The molecule has 0 unspecified atom stereocenters. The van der Waals surface area contributed by atoms with Crippen LogP contribution in [0.15, 0.2) is 48.5 Å². The molecule has 0 aliphatic heterocycles.